The van der Waals surface area contributed by atoms with Crippen LogP contribution in [-0.4, -0.2) is 25.9 Å². The van der Waals surface area contributed by atoms with Crippen LogP contribution in [0.25, 0.3) is 5.69 Å². The van der Waals surface area contributed by atoms with Crippen LogP contribution in [-0.2, 0) is 0 Å². The second-order valence-corrected chi connectivity index (χ2v) is 4.84. The van der Waals surface area contributed by atoms with Crippen molar-refractivity contribution in [1.82, 2.24) is 20.0 Å². The van der Waals surface area contributed by atoms with Crippen LogP contribution in [0.5, 0.6) is 0 Å². The molecule has 21 heavy (non-hydrogen) atoms. The number of hydrogen-bond donors (Lipinski definition) is 1. The van der Waals surface area contributed by atoms with E-state index in [1.54, 1.807) is 24.3 Å². The highest BCUT2D eigenvalue weighted by Crippen LogP contribution is 2.09. The van der Waals surface area contributed by atoms with Crippen LogP contribution in [0, 0.1) is 0 Å². The Balaban J connectivity index is 1.94. The number of nitrogens with zero attached hydrogens (tertiary/aromatic N) is 4. The van der Waals surface area contributed by atoms with Crippen LogP contribution in [0.3, 0.4) is 0 Å². The highest BCUT2D eigenvalue weighted by Gasteiger charge is 2.12. The van der Waals surface area contributed by atoms with Crippen molar-refractivity contribution in [3.63, 3.8) is 0 Å². The average molecular weight is 299 g/mol. The molecule has 0 spiro atoms. The van der Waals surface area contributed by atoms with Crippen LogP contribution in [0.1, 0.15) is 10.5 Å². The summed E-state index contributed by atoms with van der Waals surface area (Å²) in [5.41, 5.74) is 1.91. The number of carbonyl (C=O) groups is 1. The van der Waals surface area contributed by atoms with Gasteiger partial charge in [-0.25, -0.2) is 0 Å². The van der Waals surface area contributed by atoms with Gasteiger partial charge in [0.25, 0.3) is 11.5 Å². The molecular formula is C13H9N5O2S. The van der Waals surface area contributed by atoms with Gasteiger partial charge in [-0.15, -0.1) is 10.2 Å². The summed E-state index contributed by atoms with van der Waals surface area (Å²) in [4.78, 5) is 23.9. The molecule has 0 bridgehead atoms. The molecule has 8 heteroatoms. The van der Waals surface area contributed by atoms with Crippen LogP contribution in [0.15, 0.2) is 52.8 Å². The maximum Gasteiger partial charge on any atom is 0.277 e. The van der Waals surface area contributed by atoms with Crippen molar-refractivity contribution in [2.24, 2.45) is 0 Å². The van der Waals surface area contributed by atoms with Gasteiger partial charge in [-0.3, -0.25) is 14.9 Å². The number of nitrogens with one attached hydrogen (secondary N) is 1. The molecule has 3 aromatic rings. The molecule has 0 aliphatic carbocycles. The summed E-state index contributed by atoms with van der Waals surface area (Å²) in [6.45, 7) is 0. The lowest BCUT2D eigenvalue weighted by atomic mass is 10.3. The molecule has 7 nitrogen and oxygen atoms in total. The molecule has 1 N–H and O–H groups in total. The van der Waals surface area contributed by atoms with E-state index in [1.165, 1.54) is 33.7 Å². The summed E-state index contributed by atoms with van der Waals surface area (Å²) < 4.78 is 1.18. The summed E-state index contributed by atoms with van der Waals surface area (Å²) in [5, 5.41) is 14.4. The number of amides is 1. The Morgan fingerprint density at radius 2 is 1.95 bits per heavy atom. The smallest absolute Gasteiger partial charge is 0.277 e. The van der Waals surface area contributed by atoms with E-state index in [0.29, 0.717) is 10.8 Å². The van der Waals surface area contributed by atoms with Crippen LogP contribution < -0.4 is 10.9 Å². The lowest BCUT2D eigenvalue weighted by Gasteiger charge is -2.06. The van der Waals surface area contributed by atoms with E-state index < -0.39 is 5.91 Å². The van der Waals surface area contributed by atoms with E-state index in [2.05, 4.69) is 20.6 Å². The number of aromatic nitrogens is 4. The lowest BCUT2D eigenvalue weighted by molar-refractivity contribution is 0.102. The zero-order valence-electron chi connectivity index (χ0n) is 10.6. The van der Waals surface area contributed by atoms with Crippen LogP contribution >= 0.6 is 11.3 Å². The highest BCUT2D eigenvalue weighted by molar-refractivity contribution is 7.13. The van der Waals surface area contributed by atoms with Crippen LogP contribution in [0.4, 0.5) is 5.13 Å². The molecule has 2 heterocycles. The van der Waals surface area contributed by atoms with E-state index in [1.807, 2.05) is 6.07 Å². The molecule has 1 aromatic carbocycles. The van der Waals surface area contributed by atoms with Crippen molar-refractivity contribution < 1.29 is 4.79 Å². The number of para-hydroxylation sites is 1. The Hall–Kier alpha value is -2.87. The van der Waals surface area contributed by atoms with Gasteiger partial charge in [0.1, 0.15) is 11.2 Å². The van der Waals surface area contributed by atoms with Gasteiger partial charge in [-0.05, 0) is 18.2 Å². The third-order valence-corrected chi connectivity index (χ3v) is 3.22. The van der Waals surface area contributed by atoms with Crippen LogP contribution in [0.2, 0.25) is 0 Å². The van der Waals surface area contributed by atoms with E-state index in [-0.39, 0.29) is 11.3 Å². The molecule has 3 rings (SSSR count). The van der Waals surface area contributed by atoms with Gasteiger partial charge < -0.3 is 0 Å². The first-order valence-electron chi connectivity index (χ1n) is 5.97. The predicted octanol–water partition coefficient (Wildman–Crippen LogP) is 1.34. The van der Waals surface area contributed by atoms with Gasteiger partial charge in [0.15, 0.2) is 0 Å². The summed E-state index contributed by atoms with van der Waals surface area (Å²) in [6, 6.07) is 11.6. The van der Waals surface area contributed by atoms with Gasteiger partial charge in [-0.2, -0.15) is 9.78 Å². The topological polar surface area (TPSA) is 89.8 Å². The van der Waals surface area contributed by atoms with Gasteiger partial charge in [0.2, 0.25) is 5.13 Å². The normalized spacial score (nSPS) is 10.3. The molecule has 0 saturated carbocycles. The fraction of sp³-hybridized carbons (Fsp3) is 0. The Morgan fingerprint density at radius 3 is 2.67 bits per heavy atom. The maximum atomic E-state index is 12.1. The minimum absolute atomic E-state index is 0.119. The lowest BCUT2D eigenvalue weighted by Crippen LogP contribution is -2.24. The molecule has 1 amide bonds. The second-order valence-electron chi connectivity index (χ2n) is 4.00. The SMILES string of the molecule is O=C(Nc1nncs1)c1ccc(=O)n(-c2ccccc2)n1. The first kappa shape index (κ1) is 13.1. The Labute approximate surface area is 122 Å². The molecule has 0 aliphatic heterocycles. The van der Waals surface area contributed by atoms with Crippen molar-refractivity contribution in [2.75, 3.05) is 5.32 Å². The summed E-state index contributed by atoms with van der Waals surface area (Å²) in [7, 11) is 0. The summed E-state index contributed by atoms with van der Waals surface area (Å²) in [6.07, 6.45) is 0. The number of anilines is 1. The van der Waals surface area contributed by atoms with Gasteiger partial charge in [0.05, 0.1) is 5.69 Å². The average Bonchev–Trinajstić information content (AvgIpc) is 3.01. The zero-order valence-corrected chi connectivity index (χ0v) is 11.4. The summed E-state index contributed by atoms with van der Waals surface area (Å²) in [5.74, 6) is -0.448. The van der Waals surface area contributed by atoms with E-state index in [0.717, 1.165) is 0 Å². The fourth-order valence-electron chi connectivity index (χ4n) is 1.68. The van der Waals surface area contributed by atoms with Crippen molar-refractivity contribution in [3.05, 3.63) is 64.0 Å². The molecule has 0 atom stereocenters. The minimum Gasteiger partial charge on any atom is -0.295 e. The Bertz CT molecular complexity index is 814. The van der Waals surface area contributed by atoms with E-state index in [9.17, 15) is 9.59 Å². The van der Waals surface area contributed by atoms with Gasteiger partial charge in [0, 0.05) is 6.07 Å². The number of carbonyl (C=O) groups excluding carboxylic acids is 1. The van der Waals surface area contributed by atoms with E-state index >= 15 is 0 Å². The first-order chi connectivity index (χ1) is 10.2. The molecule has 0 aliphatic rings. The summed E-state index contributed by atoms with van der Waals surface area (Å²) >= 11 is 1.20. The molecule has 0 fully saturated rings. The zero-order chi connectivity index (χ0) is 14.7. The Kier molecular flexibility index (Phi) is 3.52. The molecule has 104 valence electrons. The highest BCUT2D eigenvalue weighted by atomic mass is 32.1. The molecule has 0 radical (unpaired) electrons. The van der Waals surface area contributed by atoms with Crippen molar-refractivity contribution in [2.45, 2.75) is 0 Å². The quantitative estimate of drug-likeness (QED) is 0.788. The van der Waals surface area contributed by atoms with Gasteiger partial charge in [-0.1, -0.05) is 29.5 Å². The first-order valence-corrected chi connectivity index (χ1v) is 6.85. The molecule has 0 saturated heterocycles. The largest absolute Gasteiger partial charge is 0.295 e. The monoisotopic (exact) mass is 299 g/mol. The maximum absolute atomic E-state index is 12.1. The third kappa shape index (κ3) is 2.84. The Morgan fingerprint density at radius 1 is 1.14 bits per heavy atom. The van der Waals surface area contributed by atoms with E-state index in [4.69, 9.17) is 0 Å². The van der Waals surface area contributed by atoms with Crippen molar-refractivity contribution >= 4 is 22.4 Å². The van der Waals surface area contributed by atoms with Crippen molar-refractivity contribution in [1.29, 1.82) is 0 Å². The van der Waals surface area contributed by atoms with Gasteiger partial charge >= 0.3 is 0 Å². The minimum atomic E-state index is -0.448. The third-order valence-electron chi connectivity index (χ3n) is 2.61. The second kappa shape index (κ2) is 5.63. The fourth-order valence-corrected chi connectivity index (χ4v) is 2.12. The predicted molar refractivity (Wildman–Crippen MR) is 77.7 cm³/mol. The number of benzene rings is 1. The molecule has 2 aromatic heterocycles. The molecular weight excluding hydrogens is 290 g/mol. The number of hydrogen-bond acceptors (Lipinski definition) is 6. The van der Waals surface area contributed by atoms with Crippen molar-refractivity contribution in [3.8, 4) is 5.69 Å². The standard InChI is InChI=1S/C13H9N5O2S/c19-11-7-6-10(12(20)15-13-16-14-8-21-13)17-18(11)9-4-2-1-3-5-9/h1-8H,(H,15,16,20). The molecule has 0 unspecified atom stereocenters. The number of rotatable bonds is 3.